The zero-order valence-electron chi connectivity index (χ0n) is 9.99. The smallest absolute Gasteiger partial charge is 0.224 e. The van der Waals surface area contributed by atoms with E-state index in [0.29, 0.717) is 18.5 Å². The first kappa shape index (κ1) is 12.6. The molecule has 2 nitrogen and oxygen atoms in total. The average Bonchev–Trinajstić information content (AvgIpc) is 2.70. The summed E-state index contributed by atoms with van der Waals surface area (Å²) in [5.74, 6) is 1.06. The van der Waals surface area contributed by atoms with Gasteiger partial charge in [0.05, 0.1) is 6.04 Å². The number of likely N-dealkylation sites (tertiary alicyclic amines) is 1. The lowest BCUT2D eigenvalue weighted by Crippen LogP contribution is -2.29. The van der Waals surface area contributed by atoms with Gasteiger partial charge in [0.1, 0.15) is 11.6 Å². The van der Waals surface area contributed by atoms with Gasteiger partial charge in [-0.2, -0.15) is 0 Å². The first-order valence-electron chi connectivity index (χ1n) is 5.73. The Bertz CT molecular complexity index is 521. The van der Waals surface area contributed by atoms with Gasteiger partial charge >= 0.3 is 0 Å². The highest BCUT2D eigenvalue weighted by Crippen LogP contribution is 2.29. The molecule has 1 fully saturated rings. The van der Waals surface area contributed by atoms with Crippen LogP contribution < -0.4 is 0 Å². The molecule has 0 saturated carbocycles. The maximum absolute atomic E-state index is 13.6. The Kier molecular flexibility index (Phi) is 3.33. The molecule has 2 unspecified atom stereocenters. The summed E-state index contributed by atoms with van der Waals surface area (Å²) < 4.78 is 26.5. The van der Waals surface area contributed by atoms with Gasteiger partial charge < -0.3 is 4.90 Å². The second-order valence-corrected chi connectivity index (χ2v) is 4.46. The van der Waals surface area contributed by atoms with Gasteiger partial charge in [-0.25, -0.2) is 8.78 Å². The number of hydrogen-bond acceptors (Lipinski definition) is 1. The van der Waals surface area contributed by atoms with E-state index in [4.69, 9.17) is 6.42 Å². The van der Waals surface area contributed by atoms with Crippen molar-refractivity contribution in [2.24, 2.45) is 5.92 Å². The maximum atomic E-state index is 13.6. The van der Waals surface area contributed by atoms with Crippen LogP contribution in [0.2, 0.25) is 0 Å². The SMILES string of the molecule is C#CC1CC(=O)N(C(C)c2ccc(F)cc2F)C1. The van der Waals surface area contributed by atoms with E-state index in [1.54, 1.807) is 11.8 Å². The van der Waals surface area contributed by atoms with E-state index in [-0.39, 0.29) is 11.8 Å². The number of carbonyl (C=O) groups is 1. The second kappa shape index (κ2) is 4.77. The van der Waals surface area contributed by atoms with Crippen molar-refractivity contribution in [2.75, 3.05) is 6.54 Å². The van der Waals surface area contributed by atoms with Crippen molar-refractivity contribution in [3.63, 3.8) is 0 Å². The number of carbonyl (C=O) groups excluding carboxylic acids is 1. The molecule has 94 valence electrons. The fraction of sp³-hybridized carbons (Fsp3) is 0.357. The van der Waals surface area contributed by atoms with Crippen molar-refractivity contribution in [3.05, 3.63) is 35.4 Å². The van der Waals surface area contributed by atoms with Crippen LogP contribution in [-0.4, -0.2) is 17.4 Å². The summed E-state index contributed by atoms with van der Waals surface area (Å²) in [6.07, 6.45) is 5.59. The lowest BCUT2D eigenvalue weighted by molar-refractivity contribution is -0.129. The molecule has 0 aliphatic carbocycles. The highest BCUT2D eigenvalue weighted by atomic mass is 19.1. The van der Waals surface area contributed by atoms with Crippen LogP contribution in [0.4, 0.5) is 8.78 Å². The summed E-state index contributed by atoms with van der Waals surface area (Å²) >= 11 is 0. The maximum Gasteiger partial charge on any atom is 0.224 e. The molecule has 2 rings (SSSR count). The van der Waals surface area contributed by atoms with Crippen LogP contribution in [-0.2, 0) is 4.79 Å². The van der Waals surface area contributed by atoms with Gasteiger partial charge in [-0.3, -0.25) is 4.79 Å². The predicted molar refractivity (Wildman–Crippen MR) is 63.4 cm³/mol. The second-order valence-electron chi connectivity index (χ2n) is 4.46. The van der Waals surface area contributed by atoms with Crippen molar-refractivity contribution in [1.29, 1.82) is 0 Å². The minimum absolute atomic E-state index is 0.0887. The fourth-order valence-corrected chi connectivity index (χ4v) is 2.23. The highest BCUT2D eigenvalue weighted by Gasteiger charge is 2.33. The molecule has 1 heterocycles. The monoisotopic (exact) mass is 249 g/mol. The normalized spacial score (nSPS) is 20.9. The number of nitrogens with zero attached hydrogens (tertiary/aromatic N) is 1. The molecule has 0 aromatic heterocycles. The molecule has 2 atom stereocenters. The molecule has 1 aliphatic heterocycles. The predicted octanol–water partition coefficient (Wildman–Crippen LogP) is 2.51. The standard InChI is InChI=1S/C14H13F2NO/c1-3-10-6-14(18)17(8-10)9(2)12-5-4-11(15)7-13(12)16/h1,4-5,7,9-10H,6,8H2,2H3. The molecule has 1 saturated heterocycles. The Hall–Kier alpha value is -1.89. The van der Waals surface area contributed by atoms with E-state index >= 15 is 0 Å². The molecule has 0 spiro atoms. The molecule has 0 radical (unpaired) electrons. The summed E-state index contributed by atoms with van der Waals surface area (Å²) in [6.45, 7) is 2.14. The first-order chi connectivity index (χ1) is 8.52. The largest absolute Gasteiger partial charge is 0.335 e. The first-order valence-corrected chi connectivity index (χ1v) is 5.73. The van der Waals surface area contributed by atoms with Crippen molar-refractivity contribution in [2.45, 2.75) is 19.4 Å². The third-order valence-corrected chi connectivity index (χ3v) is 3.27. The molecule has 1 aromatic rings. The minimum atomic E-state index is -0.639. The van der Waals surface area contributed by atoms with Gasteiger partial charge in [0, 0.05) is 30.5 Å². The topological polar surface area (TPSA) is 20.3 Å². The van der Waals surface area contributed by atoms with Crippen molar-refractivity contribution in [3.8, 4) is 12.3 Å². The van der Waals surface area contributed by atoms with Crippen LogP contribution in [0, 0.1) is 29.9 Å². The summed E-state index contributed by atoms with van der Waals surface area (Å²) in [6, 6.07) is 2.95. The van der Waals surface area contributed by atoms with E-state index in [1.165, 1.54) is 12.1 Å². The van der Waals surface area contributed by atoms with Crippen LogP contribution in [0.1, 0.15) is 24.9 Å². The average molecular weight is 249 g/mol. The fourth-order valence-electron chi connectivity index (χ4n) is 2.23. The van der Waals surface area contributed by atoms with Crippen LogP contribution in [0.3, 0.4) is 0 Å². The number of hydrogen-bond donors (Lipinski definition) is 0. The molecule has 1 amide bonds. The third kappa shape index (κ3) is 2.21. The molecule has 0 bridgehead atoms. The number of halogens is 2. The zero-order chi connectivity index (χ0) is 13.3. The van der Waals surface area contributed by atoms with Crippen molar-refractivity contribution < 1.29 is 13.6 Å². The Labute approximate surface area is 105 Å². The van der Waals surface area contributed by atoms with Gasteiger partial charge in [-0.1, -0.05) is 6.07 Å². The zero-order valence-corrected chi connectivity index (χ0v) is 9.99. The lowest BCUT2D eigenvalue weighted by Gasteiger charge is -2.25. The highest BCUT2D eigenvalue weighted by molar-refractivity contribution is 5.79. The van der Waals surface area contributed by atoms with E-state index in [0.717, 1.165) is 6.07 Å². The minimum Gasteiger partial charge on any atom is -0.335 e. The molecule has 1 aromatic carbocycles. The van der Waals surface area contributed by atoms with Gasteiger partial charge in [0.2, 0.25) is 5.91 Å². The van der Waals surface area contributed by atoms with Crippen LogP contribution in [0.25, 0.3) is 0 Å². The summed E-state index contributed by atoms with van der Waals surface area (Å²) in [4.78, 5) is 13.3. The number of benzene rings is 1. The Morgan fingerprint density at radius 2 is 2.22 bits per heavy atom. The third-order valence-electron chi connectivity index (χ3n) is 3.27. The van der Waals surface area contributed by atoms with Crippen molar-refractivity contribution in [1.82, 2.24) is 4.90 Å². The van der Waals surface area contributed by atoms with Gasteiger partial charge in [0.15, 0.2) is 0 Å². The molecular weight excluding hydrogens is 236 g/mol. The summed E-state index contributed by atoms with van der Waals surface area (Å²) in [7, 11) is 0. The quantitative estimate of drug-likeness (QED) is 0.737. The van der Waals surface area contributed by atoms with E-state index in [2.05, 4.69) is 5.92 Å². The Morgan fingerprint density at radius 1 is 1.50 bits per heavy atom. The summed E-state index contributed by atoms with van der Waals surface area (Å²) in [5.41, 5.74) is 0.308. The van der Waals surface area contributed by atoms with Crippen LogP contribution in [0.15, 0.2) is 18.2 Å². The number of terminal acetylenes is 1. The van der Waals surface area contributed by atoms with Crippen LogP contribution >= 0.6 is 0 Å². The molecule has 0 N–H and O–H groups in total. The number of amides is 1. The van der Waals surface area contributed by atoms with Gasteiger partial charge in [-0.15, -0.1) is 12.3 Å². The molecule has 18 heavy (non-hydrogen) atoms. The molecular formula is C14H13F2NO. The Morgan fingerprint density at radius 3 is 2.78 bits per heavy atom. The number of rotatable bonds is 2. The lowest BCUT2D eigenvalue weighted by atomic mass is 10.1. The Balaban J connectivity index is 2.24. The van der Waals surface area contributed by atoms with Crippen molar-refractivity contribution >= 4 is 5.91 Å². The summed E-state index contributed by atoms with van der Waals surface area (Å²) in [5, 5.41) is 0. The molecule has 4 heteroatoms. The van der Waals surface area contributed by atoms with E-state index < -0.39 is 17.7 Å². The van der Waals surface area contributed by atoms with Gasteiger partial charge in [0.25, 0.3) is 0 Å². The molecule has 1 aliphatic rings. The van der Waals surface area contributed by atoms with Gasteiger partial charge in [-0.05, 0) is 13.0 Å². The van der Waals surface area contributed by atoms with E-state index in [9.17, 15) is 13.6 Å². The van der Waals surface area contributed by atoms with E-state index in [1.807, 2.05) is 0 Å². The van der Waals surface area contributed by atoms with Crippen LogP contribution in [0.5, 0.6) is 0 Å².